The van der Waals surface area contributed by atoms with Gasteiger partial charge in [0.1, 0.15) is 17.3 Å². The lowest BCUT2D eigenvalue weighted by molar-refractivity contribution is -0.140. The fourth-order valence-corrected chi connectivity index (χ4v) is 4.34. The molecule has 0 saturated carbocycles. The van der Waals surface area contributed by atoms with Crippen molar-refractivity contribution in [1.29, 1.82) is 0 Å². The summed E-state index contributed by atoms with van der Waals surface area (Å²) in [5.41, 5.74) is 2.88. The molecule has 1 amide bonds. The van der Waals surface area contributed by atoms with E-state index in [1.165, 1.54) is 12.0 Å². The van der Waals surface area contributed by atoms with E-state index in [-0.39, 0.29) is 17.4 Å². The van der Waals surface area contributed by atoms with Crippen LogP contribution in [-0.2, 0) is 9.59 Å². The van der Waals surface area contributed by atoms with Crippen molar-refractivity contribution in [1.82, 2.24) is 9.80 Å². The van der Waals surface area contributed by atoms with Crippen LogP contribution in [0, 0.1) is 13.8 Å². The van der Waals surface area contributed by atoms with Gasteiger partial charge in [0.2, 0.25) is 0 Å². The number of amides is 1. The molecule has 1 heterocycles. The molecule has 0 aromatic heterocycles. The largest absolute Gasteiger partial charge is 0.507 e. The van der Waals surface area contributed by atoms with Gasteiger partial charge in [-0.15, -0.1) is 0 Å². The molecule has 7 heteroatoms. The van der Waals surface area contributed by atoms with Crippen LogP contribution in [0.15, 0.2) is 42.0 Å². The topological polar surface area (TPSA) is 79.3 Å². The summed E-state index contributed by atoms with van der Waals surface area (Å²) in [5.74, 6) is -0.480. The third-order valence-corrected chi connectivity index (χ3v) is 5.75. The zero-order chi connectivity index (χ0) is 25.2. The Balaban J connectivity index is 2.24. The van der Waals surface area contributed by atoms with E-state index < -0.39 is 17.7 Å². The summed E-state index contributed by atoms with van der Waals surface area (Å²) in [6.07, 6.45) is -0.0325. The van der Waals surface area contributed by atoms with Crippen LogP contribution >= 0.6 is 0 Å². The second kappa shape index (κ2) is 10.3. The number of methoxy groups -OCH3 is 1. The summed E-state index contributed by atoms with van der Waals surface area (Å²) < 4.78 is 11.4. The molecule has 182 valence electrons. The molecule has 0 aliphatic carbocycles. The highest BCUT2D eigenvalue weighted by Gasteiger charge is 2.46. The van der Waals surface area contributed by atoms with Gasteiger partial charge < -0.3 is 24.4 Å². The molecule has 3 rings (SSSR count). The number of aliphatic hydroxyl groups is 1. The number of likely N-dealkylation sites (tertiary alicyclic amines) is 1. The Hall–Kier alpha value is -3.32. The fraction of sp³-hybridized carbons (Fsp3) is 0.407. The second-order valence-corrected chi connectivity index (χ2v) is 9.20. The Morgan fingerprint density at radius 2 is 1.85 bits per heavy atom. The van der Waals surface area contributed by atoms with Crippen molar-refractivity contribution >= 4 is 17.4 Å². The number of carbonyl (C=O) groups excluding carboxylic acids is 2. The smallest absolute Gasteiger partial charge is 0.295 e. The number of likely N-dealkylation sites (N-methyl/N-ethyl adjacent to an activating group) is 1. The van der Waals surface area contributed by atoms with Gasteiger partial charge in [-0.1, -0.05) is 18.2 Å². The van der Waals surface area contributed by atoms with Crippen molar-refractivity contribution in [3.05, 3.63) is 64.2 Å². The lowest BCUT2D eigenvalue weighted by atomic mass is 9.93. The Morgan fingerprint density at radius 1 is 1.15 bits per heavy atom. The predicted octanol–water partition coefficient (Wildman–Crippen LogP) is 4.08. The fourth-order valence-electron chi connectivity index (χ4n) is 4.34. The molecule has 1 unspecified atom stereocenters. The number of nitrogens with zero attached hydrogens (tertiary/aromatic N) is 2. The number of ketones is 1. The number of Topliss-reactive ketones (excluding diaryl/α,β-unsaturated/α-hetero) is 1. The minimum Gasteiger partial charge on any atom is -0.507 e. The normalized spacial score (nSPS) is 17.7. The number of hydrogen-bond acceptors (Lipinski definition) is 6. The van der Waals surface area contributed by atoms with E-state index in [4.69, 9.17) is 9.47 Å². The number of aryl methyl sites for hydroxylation is 2. The molecule has 2 aromatic rings. The van der Waals surface area contributed by atoms with E-state index in [0.717, 1.165) is 11.1 Å². The van der Waals surface area contributed by atoms with Crippen LogP contribution in [0.3, 0.4) is 0 Å². The van der Waals surface area contributed by atoms with Gasteiger partial charge in [0.05, 0.1) is 30.4 Å². The first-order valence-corrected chi connectivity index (χ1v) is 11.4. The molecule has 0 radical (unpaired) electrons. The van der Waals surface area contributed by atoms with Gasteiger partial charge in [0.25, 0.3) is 11.7 Å². The predicted molar refractivity (Wildman–Crippen MR) is 132 cm³/mol. The van der Waals surface area contributed by atoms with Crippen LogP contribution in [0.4, 0.5) is 0 Å². The molecule has 7 nitrogen and oxygen atoms in total. The summed E-state index contributed by atoms with van der Waals surface area (Å²) in [7, 11) is 5.33. The van der Waals surface area contributed by atoms with Crippen LogP contribution in [0.25, 0.3) is 5.76 Å². The second-order valence-electron chi connectivity index (χ2n) is 9.20. The number of rotatable bonds is 8. The highest BCUT2D eigenvalue weighted by molar-refractivity contribution is 6.46. The van der Waals surface area contributed by atoms with Crippen molar-refractivity contribution in [2.45, 2.75) is 39.8 Å². The van der Waals surface area contributed by atoms with Crippen molar-refractivity contribution in [2.24, 2.45) is 0 Å². The minimum atomic E-state index is -0.749. The summed E-state index contributed by atoms with van der Waals surface area (Å²) >= 11 is 0. The number of hydrogen-bond donors (Lipinski definition) is 1. The first-order chi connectivity index (χ1) is 16.0. The van der Waals surface area contributed by atoms with Crippen LogP contribution in [0.1, 0.15) is 42.1 Å². The zero-order valence-corrected chi connectivity index (χ0v) is 21.0. The molecule has 2 aromatic carbocycles. The molecule has 1 aliphatic heterocycles. The molecule has 0 bridgehead atoms. The monoisotopic (exact) mass is 466 g/mol. The van der Waals surface area contributed by atoms with Crippen molar-refractivity contribution < 1.29 is 24.2 Å². The first-order valence-electron chi connectivity index (χ1n) is 11.4. The van der Waals surface area contributed by atoms with Crippen molar-refractivity contribution in [3.8, 4) is 11.5 Å². The molecule has 34 heavy (non-hydrogen) atoms. The van der Waals surface area contributed by atoms with E-state index in [1.807, 2.05) is 77.0 Å². The lowest BCUT2D eigenvalue weighted by Crippen LogP contribution is -2.35. The van der Waals surface area contributed by atoms with Gasteiger partial charge in [-0.05, 0) is 76.7 Å². The standard InChI is InChI=1S/C27H34N2O5/c1-16(2)34-20-10-8-9-19(15-20)23-22(25(31)27(32)29(23)12-11-28(5)6)24(30)21-14-17(3)13-18(4)26(21)33-7/h8-10,13-16,23,30H,11-12H2,1-7H3/b24-22+. The summed E-state index contributed by atoms with van der Waals surface area (Å²) in [6, 6.07) is 10.3. The van der Waals surface area contributed by atoms with Crippen LogP contribution in [-0.4, -0.2) is 67.0 Å². The Morgan fingerprint density at radius 3 is 2.47 bits per heavy atom. The van der Waals surface area contributed by atoms with E-state index in [9.17, 15) is 14.7 Å². The maximum atomic E-state index is 13.3. The maximum absolute atomic E-state index is 13.3. The average molecular weight is 467 g/mol. The quantitative estimate of drug-likeness (QED) is 0.359. The Bertz CT molecular complexity index is 1120. The van der Waals surface area contributed by atoms with Gasteiger partial charge in [-0.2, -0.15) is 0 Å². The van der Waals surface area contributed by atoms with E-state index in [0.29, 0.717) is 35.7 Å². The molecule has 1 saturated heterocycles. The summed E-state index contributed by atoms with van der Waals surface area (Å²) in [6.45, 7) is 8.55. The molecule has 1 fully saturated rings. The van der Waals surface area contributed by atoms with Gasteiger partial charge >= 0.3 is 0 Å². The number of aliphatic hydroxyl groups excluding tert-OH is 1. The molecule has 1 N–H and O–H groups in total. The summed E-state index contributed by atoms with van der Waals surface area (Å²) in [5, 5.41) is 11.5. The maximum Gasteiger partial charge on any atom is 0.295 e. The molecule has 1 atom stereocenters. The van der Waals surface area contributed by atoms with Crippen LogP contribution < -0.4 is 9.47 Å². The van der Waals surface area contributed by atoms with Gasteiger partial charge in [-0.25, -0.2) is 0 Å². The Kier molecular flexibility index (Phi) is 7.67. The van der Waals surface area contributed by atoms with Crippen molar-refractivity contribution in [2.75, 3.05) is 34.3 Å². The molecular weight excluding hydrogens is 432 g/mol. The van der Waals surface area contributed by atoms with Crippen LogP contribution in [0.5, 0.6) is 11.5 Å². The van der Waals surface area contributed by atoms with Crippen LogP contribution in [0.2, 0.25) is 0 Å². The number of benzene rings is 2. The Labute approximate surface area is 201 Å². The third kappa shape index (κ3) is 5.09. The average Bonchev–Trinajstić information content (AvgIpc) is 3.01. The SMILES string of the molecule is COc1c(C)cc(C)cc1/C(O)=C1\C(=O)C(=O)N(CCN(C)C)C1c1cccc(OC(C)C)c1. The van der Waals surface area contributed by atoms with E-state index >= 15 is 0 Å². The van der Waals surface area contributed by atoms with Gasteiger partial charge in [-0.3, -0.25) is 9.59 Å². The van der Waals surface area contributed by atoms with E-state index in [2.05, 4.69) is 0 Å². The van der Waals surface area contributed by atoms with Gasteiger partial charge in [0.15, 0.2) is 0 Å². The van der Waals surface area contributed by atoms with Crippen molar-refractivity contribution in [3.63, 3.8) is 0 Å². The van der Waals surface area contributed by atoms with Gasteiger partial charge in [0, 0.05) is 13.1 Å². The van der Waals surface area contributed by atoms with E-state index in [1.54, 1.807) is 6.07 Å². The highest BCUT2D eigenvalue weighted by Crippen LogP contribution is 2.42. The third-order valence-electron chi connectivity index (χ3n) is 5.75. The first kappa shape index (κ1) is 25.3. The molecule has 0 spiro atoms. The number of ether oxygens (including phenoxy) is 2. The number of carbonyl (C=O) groups is 2. The summed E-state index contributed by atoms with van der Waals surface area (Å²) in [4.78, 5) is 29.9. The highest BCUT2D eigenvalue weighted by atomic mass is 16.5. The minimum absolute atomic E-state index is 0.0325. The lowest BCUT2D eigenvalue weighted by Gasteiger charge is -2.27. The molecular formula is C27H34N2O5. The molecule has 1 aliphatic rings. The zero-order valence-electron chi connectivity index (χ0n) is 21.0.